The molecule has 1 aromatic carbocycles. The molecule has 1 aromatic heterocycles. The average molecular weight is 367 g/mol. The summed E-state index contributed by atoms with van der Waals surface area (Å²) in [6.07, 6.45) is -4.81. The molecule has 2 aromatic rings. The molecule has 1 heterocycles. The molecule has 0 aliphatic carbocycles. The van der Waals surface area contributed by atoms with Gasteiger partial charge < -0.3 is 5.32 Å². The van der Waals surface area contributed by atoms with Crippen molar-refractivity contribution in [3.05, 3.63) is 50.9 Å². The molecular formula is C13H11ClF4N4O2. The number of rotatable bonds is 4. The van der Waals surface area contributed by atoms with Gasteiger partial charge in [-0.3, -0.25) is 9.36 Å². The second-order valence-electron chi connectivity index (χ2n) is 4.85. The summed E-state index contributed by atoms with van der Waals surface area (Å²) < 4.78 is 51.9. The fraction of sp³-hybridized carbons (Fsp3) is 0.308. The fourth-order valence-corrected chi connectivity index (χ4v) is 2.00. The summed E-state index contributed by atoms with van der Waals surface area (Å²) in [5, 5.41) is 5.38. The van der Waals surface area contributed by atoms with Gasteiger partial charge in [0.15, 0.2) is 0 Å². The van der Waals surface area contributed by atoms with Crippen molar-refractivity contribution in [2.75, 3.05) is 0 Å². The van der Waals surface area contributed by atoms with Crippen LogP contribution in [-0.4, -0.2) is 20.3 Å². The number of hydrogen-bond donors (Lipinski definition) is 1. The summed E-state index contributed by atoms with van der Waals surface area (Å²) in [6, 6.07) is 3.88. The highest BCUT2D eigenvalue weighted by atomic mass is 35.5. The second-order valence-corrected chi connectivity index (χ2v) is 5.25. The maximum Gasteiger partial charge on any atom is 0.451 e. The minimum absolute atomic E-state index is 0.0789. The zero-order valence-corrected chi connectivity index (χ0v) is 13.0. The van der Waals surface area contributed by atoms with Crippen LogP contribution in [0.3, 0.4) is 0 Å². The van der Waals surface area contributed by atoms with Crippen molar-refractivity contribution in [1.29, 1.82) is 0 Å². The molecule has 2 rings (SSSR count). The summed E-state index contributed by atoms with van der Waals surface area (Å²) in [7, 11) is 0.906. The maximum absolute atomic E-state index is 13.3. The van der Waals surface area contributed by atoms with Crippen molar-refractivity contribution in [2.45, 2.75) is 19.3 Å². The molecule has 1 N–H and O–H groups in total. The van der Waals surface area contributed by atoms with E-state index in [-0.39, 0.29) is 11.6 Å². The van der Waals surface area contributed by atoms with Crippen LogP contribution in [0.15, 0.2) is 23.0 Å². The number of halogens is 5. The van der Waals surface area contributed by atoms with Gasteiger partial charge in [-0.1, -0.05) is 17.7 Å². The summed E-state index contributed by atoms with van der Waals surface area (Å²) in [4.78, 5) is 23.4. The van der Waals surface area contributed by atoms with Crippen molar-refractivity contribution in [2.24, 2.45) is 7.05 Å². The van der Waals surface area contributed by atoms with Crippen molar-refractivity contribution in [3.63, 3.8) is 0 Å². The van der Waals surface area contributed by atoms with Crippen molar-refractivity contribution in [3.8, 4) is 0 Å². The lowest BCUT2D eigenvalue weighted by Crippen LogP contribution is -2.33. The molecule has 0 saturated carbocycles. The normalized spacial score (nSPS) is 11.6. The highest BCUT2D eigenvalue weighted by Gasteiger charge is 2.38. The maximum atomic E-state index is 13.3. The van der Waals surface area contributed by atoms with Crippen LogP contribution in [0.25, 0.3) is 0 Å². The van der Waals surface area contributed by atoms with Gasteiger partial charge in [-0.05, 0) is 17.7 Å². The highest BCUT2D eigenvalue weighted by Crippen LogP contribution is 2.25. The Morgan fingerprint density at radius 2 is 2.04 bits per heavy atom. The Hall–Kier alpha value is -2.36. The third kappa shape index (κ3) is 3.94. The first-order chi connectivity index (χ1) is 11.1. The topological polar surface area (TPSA) is 68.9 Å². The van der Waals surface area contributed by atoms with Crippen LogP contribution in [-0.2, 0) is 31.1 Å². The number of carbonyl (C=O) groups is 1. The van der Waals surface area contributed by atoms with Gasteiger partial charge in [0.25, 0.3) is 0 Å². The van der Waals surface area contributed by atoms with Crippen LogP contribution in [0.2, 0.25) is 5.02 Å². The van der Waals surface area contributed by atoms with E-state index in [4.69, 9.17) is 11.6 Å². The van der Waals surface area contributed by atoms with Crippen molar-refractivity contribution in [1.82, 2.24) is 19.7 Å². The molecule has 0 bridgehead atoms. The molecule has 0 fully saturated rings. The molecule has 0 aliphatic rings. The number of hydrogen-bond acceptors (Lipinski definition) is 3. The molecule has 0 saturated heterocycles. The predicted molar refractivity (Wildman–Crippen MR) is 75.7 cm³/mol. The monoisotopic (exact) mass is 366 g/mol. The lowest BCUT2D eigenvalue weighted by molar-refractivity contribution is -0.147. The van der Waals surface area contributed by atoms with E-state index in [1.807, 2.05) is 0 Å². The molecule has 0 unspecified atom stereocenters. The molecule has 1 amide bonds. The molecule has 6 nitrogen and oxygen atoms in total. The van der Waals surface area contributed by atoms with Crippen molar-refractivity contribution >= 4 is 17.5 Å². The van der Waals surface area contributed by atoms with E-state index in [0.29, 0.717) is 14.8 Å². The number of amides is 1. The molecule has 0 radical (unpaired) electrons. The van der Waals surface area contributed by atoms with Gasteiger partial charge in [0, 0.05) is 13.6 Å². The number of aromatic nitrogens is 3. The van der Waals surface area contributed by atoms with Crippen LogP contribution in [0, 0.1) is 5.82 Å². The first kappa shape index (κ1) is 18.0. The number of carbonyl (C=O) groups excluding carboxylic acids is 1. The van der Waals surface area contributed by atoms with Crippen molar-refractivity contribution < 1.29 is 22.4 Å². The smallest absolute Gasteiger partial charge is 0.350 e. The van der Waals surface area contributed by atoms with Gasteiger partial charge >= 0.3 is 11.9 Å². The van der Waals surface area contributed by atoms with E-state index < -0.39 is 36.0 Å². The Morgan fingerprint density at radius 1 is 1.38 bits per heavy atom. The zero-order chi connectivity index (χ0) is 18.1. The second kappa shape index (κ2) is 6.63. The molecule has 24 heavy (non-hydrogen) atoms. The van der Waals surface area contributed by atoms with Crippen LogP contribution >= 0.6 is 11.6 Å². The lowest BCUT2D eigenvalue weighted by atomic mass is 10.2. The predicted octanol–water partition coefficient (Wildman–Crippen LogP) is 1.71. The van der Waals surface area contributed by atoms with Crippen LogP contribution in [0.4, 0.5) is 17.6 Å². The lowest BCUT2D eigenvalue weighted by Gasteiger charge is -2.06. The van der Waals surface area contributed by atoms with Crippen LogP contribution in [0.5, 0.6) is 0 Å². The molecule has 0 aliphatic heterocycles. The minimum Gasteiger partial charge on any atom is -0.350 e. The van der Waals surface area contributed by atoms with E-state index in [1.165, 1.54) is 12.1 Å². The van der Waals surface area contributed by atoms with E-state index in [9.17, 15) is 27.2 Å². The van der Waals surface area contributed by atoms with Gasteiger partial charge in [-0.15, -0.1) is 5.10 Å². The first-order valence-electron chi connectivity index (χ1n) is 6.51. The SMILES string of the molecule is Cn1c(C(F)(F)F)nn(CC(=O)NCc2ccc(Cl)c(F)c2)c1=O. The van der Waals surface area contributed by atoms with Gasteiger partial charge in [0.05, 0.1) is 5.02 Å². The fourth-order valence-electron chi connectivity index (χ4n) is 1.88. The number of alkyl halides is 3. The molecular weight excluding hydrogens is 356 g/mol. The summed E-state index contributed by atoms with van der Waals surface area (Å²) >= 11 is 5.52. The van der Waals surface area contributed by atoms with E-state index in [2.05, 4.69) is 10.4 Å². The van der Waals surface area contributed by atoms with E-state index in [0.717, 1.165) is 13.1 Å². The zero-order valence-electron chi connectivity index (χ0n) is 12.2. The summed E-state index contributed by atoms with van der Waals surface area (Å²) in [5.74, 6) is -2.82. The number of nitrogens with one attached hydrogen (secondary N) is 1. The van der Waals surface area contributed by atoms with Crippen LogP contribution in [0.1, 0.15) is 11.4 Å². The van der Waals surface area contributed by atoms with Gasteiger partial charge in [-0.25, -0.2) is 13.9 Å². The Kier molecular flexibility index (Phi) is 4.97. The van der Waals surface area contributed by atoms with Gasteiger partial charge in [-0.2, -0.15) is 13.2 Å². The van der Waals surface area contributed by atoms with Gasteiger partial charge in [0.1, 0.15) is 12.4 Å². The minimum atomic E-state index is -4.81. The Labute approximate surface area is 137 Å². The molecule has 11 heteroatoms. The number of benzene rings is 1. The summed E-state index contributed by atoms with van der Waals surface area (Å²) in [6.45, 7) is -0.778. The Balaban J connectivity index is 2.05. The number of nitrogens with zero attached hydrogens (tertiary/aromatic N) is 3. The van der Waals surface area contributed by atoms with E-state index in [1.54, 1.807) is 0 Å². The summed E-state index contributed by atoms with van der Waals surface area (Å²) in [5.41, 5.74) is -0.676. The Bertz CT molecular complexity index is 828. The first-order valence-corrected chi connectivity index (χ1v) is 6.89. The molecule has 0 atom stereocenters. The third-order valence-electron chi connectivity index (χ3n) is 3.06. The largest absolute Gasteiger partial charge is 0.451 e. The van der Waals surface area contributed by atoms with Crippen LogP contribution < -0.4 is 11.0 Å². The van der Waals surface area contributed by atoms with E-state index >= 15 is 0 Å². The quantitative estimate of drug-likeness (QED) is 0.838. The molecule has 0 spiro atoms. The highest BCUT2D eigenvalue weighted by molar-refractivity contribution is 6.30. The molecule has 130 valence electrons. The third-order valence-corrected chi connectivity index (χ3v) is 3.37. The average Bonchev–Trinajstić information content (AvgIpc) is 2.77. The standard InChI is InChI=1S/C13H11ClF4N4O2/c1-21-11(13(16,17)18)20-22(12(21)24)6-10(23)19-5-7-2-3-8(14)9(15)4-7/h2-4H,5-6H2,1H3,(H,19,23). The van der Waals surface area contributed by atoms with Gasteiger partial charge in [0.2, 0.25) is 11.7 Å². The Morgan fingerprint density at radius 3 is 2.58 bits per heavy atom.